The molecule has 1 aliphatic rings. The molecule has 3 unspecified atom stereocenters. The average Bonchev–Trinajstić information content (AvgIpc) is 2.87. The second kappa shape index (κ2) is 8.74. The number of carboxylic acids is 1. The van der Waals surface area contributed by atoms with Crippen LogP contribution in [-0.2, 0) is 4.79 Å². The highest BCUT2D eigenvalue weighted by Crippen LogP contribution is 2.38. The molecule has 4 nitrogen and oxygen atoms in total. The summed E-state index contributed by atoms with van der Waals surface area (Å²) in [5.74, 6) is 0.324. The molecule has 0 aromatic carbocycles. The molecule has 0 saturated heterocycles. The molecule has 0 amide bonds. The van der Waals surface area contributed by atoms with E-state index >= 15 is 0 Å². The summed E-state index contributed by atoms with van der Waals surface area (Å²) in [4.78, 5) is 14.2. The number of nitrogens with one attached hydrogen (secondary N) is 1. The van der Waals surface area contributed by atoms with Crippen molar-refractivity contribution in [2.45, 2.75) is 64.8 Å². The molecule has 21 heavy (non-hydrogen) atoms. The lowest BCUT2D eigenvalue weighted by Crippen LogP contribution is -2.55. The number of hydrogen-bond donors (Lipinski definition) is 2. The van der Waals surface area contributed by atoms with E-state index in [4.69, 9.17) is 0 Å². The molecule has 3 atom stereocenters. The third kappa shape index (κ3) is 4.96. The lowest BCUT2D eigenvalue weighted by molar-refractivity contribution is -0.146. The van der Waals surface area contributed by atoms with Gasteiger partial charge in [-0.1, -0.05) is 33.6 Å². The van der Waals surface area contributed by atoms with Crippen LogP contribution in [0, 0.1) is 11.8 Å². The van der Waals surface area contributed by atoms with Gasteiger partial charge in [0.15, 0.2) is 0 Å². The van der Waals surface area contributed by atoms with Crippen molar-refractivity contribution >= 4 is 5.97 Å². The van der Waals surface area contributed by atoms with Gasteiger partial charge in [0.2, 0.25) is 0 Å². The van der Waals surface area contributed by atoms with E-state index in [0.29, 0.717) is 5.92 Å². The summed E-state index contributed by atoms with van der Waals surface area (Å²) < 4.78 is 0. The van der Waals surface area contributed by atoms with Gasteiger partial charge in [-0.2, -0.15) is 0 Å². The first kappa shape index (κ1) is 18.4. The van der Waals surface area contributed by atoms with E-state index in [-0.39, 0.29) is 5.92 Å². The number of hydrogen-bond acceptors (Lipinski definition) is 3. The smallest absolute Gasteiger partial charge is 0.324 e. The Hall–Kier alpha value is -0.610. The molecule has 1 rings (SSSR count). The van der Waals surface area contributed by atoms with Crippen LogP contribution in [0.4, 0.5) is 0 Å². The van der Waals surface area contributed by atoms with Crippen molar-refractivity contribution in [3.8, 4) is 0 Å². The molecule has 4 heteroatoms. The molecule has 1 aliphatic carbocycles. The molecule has 0 radical (unpaired) electrons. The second-order valence-corrected chi connectivity index (χ2v) is 6.86. The van der Waals surface area contributed by atoms with Gasteiger partial charge in [-0.3, -0.25) is 4.79 Å². The van der Waals surface area contributed by atoms with E-state index in [1.165, 1.54) is 6.42 Å². The summed E-state index contributed by atoms with van der Waals surface area (Å²) in [5, 5.41) is 13.1. The summed E-state index contributed by atoms with van der Waals surface area (Å²) in [6.45, 7) is 9.48. The molecule has 0 aliphatic heterocycles. The van der Waals surface area contributed by atoms with E-state index in [9.17, 15) is 9.90 Å². The summed E-state index contributed by atoms with van der Waals surface area (Å²) in [6.07, 6.45) is 6.02. The van der Waals surface area contributed by atoms with Crippen LogP contribution in [0.2, 0.25) is 0 Å². The third-order valence-corrected chi connectivity index (χ3v) is 5.07. The molecular formula is C17H34N2O2. The van der Waals surface area contributed by atoms with Crippen molar-refractivity contribution < 1.29 is 9.90 Å². The zero-order valence-electron chi connectivity index (χ0n) is 14.3. The predicted molar refractivity (Wildman–Crippen MR) is 87.6 cm³/mol. The Morgan fingerprint density at radius 3 is 2.76 bits per heavy atom. The van der Waals surface area contributed by atoms with Crippen LogP contribution >= 0.6 is 0 Å². The fourth-order valence-corrected chi connectivity index (χ4v) is 3.54. The van der Waals surface area contributed by atoms with Gasteiger partial charge in [0, 0.05) is 6.54 Å². The van der Waals surface area contributed by atoms with E-state index in [1.807, 2.05) is 0 Å². The number of nitrogens with zero attached hydrogens (tertiary/aromatic N) is 1. The van der Waals surface area contributed by atoms with Crippen molar-refractivity contribution in [1.29, 1.82) is 0 Å². The van der Waals surface area contributed by atoms with Gasteiger partial charge in [-0.05, 0) is 57.7 Å². The van der Waals surface area contributed by atoms with E-state index in [2.05, 4.69) is 38.0 Å². The molecule has 0 aromatic heterocycles. The molecular weight excluding hydrogens is 264 g/mol. The molecule has 0 heterocycles. The Morgan fingerprint density at radius 1 is 1.48 bits per heavy atom. The zero-order valence-corrected chi connectivity index (χ0v) is 14.3. The Balaban J connectivity index is 2.56. The van der Waals surface area contributed by atoms with Crippen molar-refractivity contribution in [1.82, 2.24) is 10.2 Å². The first-order valence-electron chi connectivity index (χ1n) is 8.63. The molecule has 0 spiro atoms. The Kier molecular flexibility index (Phi) is 7.67. The fourth-order valence-electron chi connectivity index (χ4n) is 3.54. The Bertz CT molecular complexity index is 322. The molecule has 0 bridgehead atoms. The van der Waals surface area contributed by atoms with Crippen LogP contribution in [0.25, 0.3) is 0 Å². The lowest BCUT2D eigenvalue weighted by Gasteiger charge is -2.33. The van der Waals surface area contributed by atoms with Crippen LogP contribution in [0.3, 0.4) is 0 Å². The first-order valence-corrected chi connectivity index (χ1v) is 8.63. The third-order valence-electron chi connectivity index (χ3n) is 5.07. The monoisotopic (exact) mass is 298 g/mol. The number of aliphatic carboxylic acids is 1. The van der Waals surface area contributed by atoms with Crippen LogP contribution in [0.1, 0.15) is 59.3 Å². The maximum absolute atomic E-state index is 11.8. The Morgan fingerprint density at radius 2 is 2.19 bits per heavy atom. The van der Waals surface area contributed by atoms with E-state index in [0.717, 1.165) is 51.7 Å². The normalized spacial score (nSPS) is 27.2. The van der Waals surface area contributed by atoms with Gasteiger partial charge in [-0.25, -0.2) is 0 Å². The van der Waals surface area contributed by atoms with Gasteiger partial charge in [0.05, 0.1) is 0 Å². The standard InChI is InChI=1S/C17H34N2O2/c1-5-11-18-17(16(20)21)10-7-8-15(17)9-12-19(4)13-14(3)6-2/h14-15,18H,5-13H2,1-4H3,(H,20,21). The molecule has 124 valence electrons. The highest BCUT2D eigenvalue weighted by Gasteiger charge is 2.48. The highest BCUT2D eigenvalue weighted by atomic mass is 16.4. The summed E-state index contributed by atoms with van der Waals surface area (Å²) in [5.41, 5.74) is -0.673. The second-order valence-electron chi connectivity index (χ2n) is 6.86. The zero-order chi connectivity index (χ0) is 15.9. The molecule has 1 fully saturated rings. The first-order chi connectivity index (χ1) is 9.96. The van der Waals surface area contributed by atoms with E-state index < -0.39 is 11.5 Å². The highest BCUT2D eigenvalue weighted by molar-refractivity contribution is 5.79. The van der Waals surface area contributed by atoms with Gasteiger partial charge in [-0.15, -0.1) is 0 Å². The van der Waals surface area contributed by atoms with E-state index in [1.54, 1.807) is 0 Å². The topological polar surface area (TPSA) is 52.6 Å². The van der Waals surface area contributed by atoms with Crippen LogP contribution in [0.15, 0.2) is 0 Å². The minimum absolute atomic E-state index is 0.265. The fraction of sp³-hybridized carbons (Fsp3) is 0.941. The maximum Gasteiger partial charge on any atom is 0.324 e. The molecule has 1 saturated carbocycles. The average molecular weight is 298 g/mol. The van der Waals surface area contributed by atoms with Crippen molar-refractivity contribution in [3.05, 3.63) is 0 Å². The molecule has 2 N–H and O–H groups in total. The molecule has 0 aromatic rings. The largest absolute Gasteiger partial charge is 0.480 e. The number of carboxylic acid groups (broad SMARTS) is 1. The number of carbonyl (C=O) groups is 1. The Labute approximate surface area is 130 Å². The summed E-state index contributed by atoms with van der Waals surface area (Å²) in [6, 6.07) is 0. The van der Waals surface area contributed by atoms with Gasteiger partial charge < -0.3 is 15.3 Å². The summed E-state index contributed by atoms with van der Waals surface area (Å²) in [7, 11) is 2.16. The van der Waals surface area contributed by atoms with Crippen LogP contribution < -0.4 is 5.32 Å². The minimum Gasteiger partial charge on any atom is -0.480 e. The lowest BCUT2D eigenvalue weighted by atomic mass is 9.84. The minimum atomic E-state index is -0.673. The van der Waals surface area contributed by atoms with Crippen molar-refractivity contribution in [2.75, 3.05) is 26.7 Å². The van der Waals surface area contributed by atoms with Crippen LogP contribution in [0.5, 0.6) is 0 Å². The SMILES string of the molecule is CCCNC1(C(=O)O)CCCC1CCN(C)CC(C)CC. The van der Waals surface area contributed by atoms with Gasteiger partial charge in [0.1, 0.15) is 5.54 Å². The van der Waals surface area contributed by atoms with Crippen molar-refractivity contribution in [2.24, 2.45) is 11.8 Å². The predicted octanol–water partition coefficient (Wildman–Crippen LogP) is 2.98. The van der Waals surface area contributed by atoms with Crippen LogP contribution in [-0.4, -0.2) is 48.2 Å². The quantitative estimate of drug-likeness (QED) is 0.651. The van der Waals surface area contributed by atoms with Crippen molar-refractivity contribution in [3.63, 3.8) is 0 Å². The van der Waals surface area contributed by atoms with Gasteiger partial charge in [0.25, 0.3) is 0 Å². The van der Waals surface area contributed by atoms with Gasteiger partial charge >= 0.3 is 5.97 Å². The summed E-state index contributed by atoms with van der Waals surface area (Å²) >= 11 is 0. The number of rotatable bonds is 10. The maximum atomic E-state index is 11.8.